The van der Waals surface area contributed by atoms with Crippen molar-refractivity contribution in [1.82, 2.24) is 0 Å². The van der Waals surface area contributed by atoms with Gasteiger partial charge >= 0.3 is 0 Å². The van der Waals surface area contributed by atoms with Crippen LogP contribution in [0.5, 0.6) is 0 Å². The predicted molar refractivity (Wildman–Crippen MR) is 64.9 cm³/mol. The van der Waals surface area contributed by atoms with E-state index in [4.69, 9.17) is 0 Å². The highest BCUT2D eigenvalue weighted by molar-refractivity contribution is 5.94. The quantitative estimate of drug-likeness (QED) is 0.707. The van der Waals surface area contributed by atoms with Crippen molar-refractivity contribution < 1.29 is 4.79 Å². The minimum atomic E-state index is 0.146. The predicted octanol–water partition coefficient (Wildman–Crippen LogP) is 2.74. The average molecular weight is 215 g/mol. The van der Waals surface area contributed by atoms with E-state index in [1.54, 1.807) is 6.92 Å². The molecule has 3 aliphatic rings. The molecule has 2 aliphatic heterocycles. The standard InChI is InChI=1S/C14H17NO/c1-10(16)13-2-4-14(5-3-13)15-8-11-6-12(7-11)9-15/h2-5,11-12H,6-9H2,1H3. The van der Waals surface area contributed by atoms with E-state index in [1.807, 2.05) is 12.1 Å². The van der Waals surface area contributed by atoms with Gasteiger partial charge in [-0.25, -0.2) is 0 Å². The van der Waals surface area contributed by atoms with E-state index >= 15 is 0 Å². The first-order valence-electron chi connectivity index (χ1n) is 6.08. The van der Waals surface area contributed by atoms with E-state index in [9.17, 15) is 4.79 Å². The molecule has 0 amide bonds. The molecule has 2 bridgehead atoms. The summed E-state index contributed by atoms with van der Waals surface area (Å²) >= 11 is 0. The lowest BCUT2D eigenvalue weighted by atomic mass is 9.71. The van der Waals surface area contributed by atoms with Crippen LogP contribution in [0.3, 0.4) is 0 Å². The molecule has 1 aromatic rings. The van der Waals surface area contributed by atoms with Gasteiger partial charge in [-0.15, -0.1) is 0 Å². The van der Waals surface area contributed by atoms with Gasteiger partial charge < -0.3 is 4.90 Å². The molecule has 0 radical (unpaired) electrons. The number of carbonyl (C=O) groups is 1. The number of hydrogen-bond acceptors (Lipinski definition) is 2. The van der Waals surface area contributed by atoms with Crippen LogP contribution in [0.15, 0.2) is 24.3 Å². The van der Waals surface area contributed by atoms with Crippen LogP contribution in [0.2, 0.25) is 0 Å². The van der Waals surface area contributed by atoms with Crippen molar-refractivity contribution in [2.45, 2.75) is 19.8 Å². The lowest BCUT2D eigenvalue weighted by Crippen LogP contribution is -2.48. The molecule has 0 spiro atoms. The van der Waals surface area contributed by atoms with Gasteiger partial charge in [0.2, 0.25) is 0 Å². The van der Waals surface area contributed by atoms with E-state index < -0.39 is 0 Å². The Morgan fingerprint density at radius 2 is 1.69 bits per heavy atom. The van der Waals surface area contributed by atoms with Crippen LogP contribution in [0, 0.1) is 11.8 Å². The van der Waals surface area contributed by atoms with Gasteiger partial charge in [-0.05, 0) is 55.9 Å². The molecule has 0 atom stereocenters. The van der Waals surface area contributed by atoms with E-state index in [0.29, 0.717) is 0 Å². The fraction of sp³-hybridized carbons (Fsp3) is 0.500. The smallest absolute Gasteiger partial charge is 0.159 e. The monoisotopic (exact) mass is 215 g/mol. The van der Waals surface area contributed by atoms with Crippen LogP contribution in [0.1, 0.15) is 30.1 Å². The van der Waals surface area contributed by atoms with Gasteiger partial charge in [0.15, 0.2) is 5.78 Å². The molecule has 1 aliphatic carbocycles. The van der Waals surface area contributed by atoms with Crippen molar-refractivity contribution in [3.63, 3.8) is 0 Å². The zero-order valence-electron chi connectivity index (χ0n) is 9.65. The summed E-state index contributed by atoms with van der Waals surface area (Å²) in [5, 5.41) is 0. The number of Topliss-reactive ketones (excluding diaryl/α,β-unsaturated/α-hetero) is 1. The maximum absolute atomic E-state index is 11.2. The molecule has 0 unspecified atom stereocenters. The van der Waals surface area contributed by atoms with Gasteiger partial charge in [0.25, 0.3) is 0 Å². The molecule has 2 saturated heterocycles. The SMILES string of the molecule is CC(=O)c1ccc(N2CC3CC(C3)C2)cc1. The molecule has 3 fully saturated rings. The average Bonchev–Trinajstić information content (AvgIpc) is 2.28. The van der Waals surface area contributed by atoms with Crippen LogP contribution in [0.25, 0.3) is 0 Å². The number of anilines is 1. The fourth-order valence-corrected chi connectivity index (χ4v) is 2.99. The number of fused-ring (bicyclic) bond motifs is 2. The van der Waals surface area contributed by atoms with Crippen LogP contribution < -0.4 is 4.90 Å². The first-order chi connectivity index (χ1) is 7.72. The van der Waals surface area contributed by atoms with E-state index in [1.165, 1.54) is 31.6 Å². The van der Waals surface area contributed by atoms with Gasteiger partial charge in [0.05, 0.1) is 0 Å². The highest BCUT2D eigenvalue weighted by Gasteiger charge is 2.36. The molecule has 16 heavy (non-hydrogen) atoms. The zero-order valence-corrected chi connectivity index (χ0v) is 9.65. The first-order valence-corrected chi connectivity index (χ1v) is 6.08. The molecular formula is C14H17NO. The minimum absolute atomic E-state index is 0.146. The second-order valence-corrected chi connectivity index (χ2v) is 5.21. The van der Waals surface area contributed by atoms with Gasteiger partial charge in [-0.3, -0.25) is 4.79 Å². The molecule has 4 rings (SSSR count). The second-order valence-electron chi connectivity index (χ2n) is 5.21. The van der Waals surface area contributed by atoms with Crippen molar-refractivity contribution in [3.05, 3.63) is 29.8 Å². The summed E-state index contributed by atoms with van der Waals surface area (Å²) in [5.74, 6) is 1.99. The highest BCUT2D eigenvalue weighted by Crippen LogP contribution is 2.40. The Labute approximate surface area is 96.3 Å². The summed E-state index contributed by atoms with van der Waals surface area (Å²) in [4.78, 5) is 13.6. The van der Waals surface area contributed by atoms with Crippen molar-refractivity contribution in [3.8, 4) is 0 Å². The fourth-order valence-electron chi connectivity index (χ4n) is 2.99. The van der Waals surface area contributed by atoms with Crippen molar-refractivity contribution in [2.24, 2.45) is 11.8 Å². The molecular weight excluding hydrogens is 198 g/mol. The van der Waals surface area contributed by atoms with Crippen LogP contribution in [-0.2, 0) is 0 Å². The van der Waals surface area contributed by atoms with Gasteiger partial charge in [0, 0.05) is 24.3 Å². The number of carbonyl (C=O) groups excluding carboxylic acids is 1. The van der Waals surface area contributed by atoms with Gasteiger partial charge in [-0.2, -0.15) is 0 Å². The Balaban J connectivity index is 1.77. The third-order valence-electron chi connectivity index (χ3n) is 3.93. The largest absolute Gasteiger partial charge is 0.371 e. The normalized spacial score (nSPS) is 27.4. The Bertz CT molecular complexity index is 393. The number of benzene rings is 1. The number of rotatable bonds is 2. The molecule has 2 heteroatoms. The Kier molecular flexibility index (Phi) is 2.23. The van der Waals surface area contributed by atoms with Crippen molar-refractivity contribution in [2.75, 3.05) is 18.0 Å². The third-order valence-corrected chi connectivity index (χ3v) is 3.93. The molecule has 1 aromatic carbocycles. The Hall–Kier alpha value is -1.31. The van der Waals surface area contributed by atoms with E-state index in [2.05, 4.69) is 17.0 Å². The third kappa shape index (κ3) is 1.62. The molecule has 2 heterocycles. The first kappa shape index (κ1) is 9.88. The lowest BCUT2D eigenvalue weighted by molar-refractivity contribution is 0.101. The number of hydrogen-bond donors (Lipinski definition) is 0. The Morgan fingerprint density at radius 1 is 1.12 bits per heavy atom. The maximum atomic E-state index is 11.2. The van der Waals surface area contributed by atoms with Gasteiger partial charge in [-0.1, -0.05) is 0 Å². The zero-order chi connectivity index (χ0) is 11.1. The molecule has 1 saturated carbocycles. The number of piperidine rings is 2. The molecule has 2 nitrogen and oxygen atoms in total. The summed E-state index contributed by atoms with van der Waals surface area (Å²) in [6.45, 7) is 4.02. The summed E-state index contributed by atoms with van der Waals surface area (Å²) in [6, 6.07) is 8.05. The minimum Gasteiger partial charge on any atom is -0.371 e. The lowest BCUT2D eigenvalue weighted by Gasteiger charge is -2.48. The number of nitrogens with zero attached hydrogens (tertiary/aromatic N) is 1. The van der Waals surface area contributed by atoms with E-state index in [-0.39, 0.29) is 5.78 Å². The highest BCUT2D eigenvalue weighted by atomic mass is 16.1. The van der Waals surface area contributed by atoms with Crippen LogP contribution >= 0.6 is 0 Å². The summed E-state index contributed by atoms with van der Waals surface area (Å²) in [5.41, 5.74) is 2.09. The van der Waals surface area contributed by atoms with Crippen molar-refractivity contribution in [1.29, 1.82) is 0 Å². The summed E-state index contributed by atoms with van der Waals surface area (Å²) in [7, 11) is 0. The van der Waals surface area contributed by atoms with Crippen LogP contribution in [-0.4, -0.2) is 18.9 Å². The molecule has 0 aromatic heterocycles. The summed E-state index contributed by atoms with van der Waals surface area (Å²) in [6.07, 6.45) is 2.87. The van der Waals surface area contributed by atoms with Crippen molar-refractivity contribution >= 4 is 11.5 Å². The topological polar surface area (TPSA) is 20.3 Å². The van der Waals surface area contributed by atoms with E-state index in [0.717, 1.165) is 17.4 Å². The number of ketones is 1. The van der Waals surface area contributed by atoms with Crippen LogP contribution in [0.4, 0.5) is 5.69 Å². The Morgan fingerprint density at radius 3 is 2.19 bits per heavy atom. The second kappa shape index (κ2) is 3.62. The molecule has 84 valence electrons. The van der Waals surface area contributed by atoms with Gasteiger partial charge in [0.1, 0.15) is 0 Å². The maximum Gasteiger partial charge on any atom is 0.159 e. The molecule has 0 N–H and O–H groups in total. The summed E-state index contributed by atoms with van der Waals surface area (Å²) < 4.78 is 0.